The molecule has 0 amide bonds. The summed E-state index contributed by atoms with van der Waals surface area (Å²) in [6, 6.07) is 15.3. The van der Waals surface area contributed by atoms with E-state index in [0.717, 1.165) is 53.6 Å². The zero-order valence-corrected chi connectivity index (χ0v) is 19.8. The molecule has 0 bridgehead atoms. The van der Waals surface area contributed by atoms with Crippen molar-refractivity contribution in [2.45, 2.75) is 71.8 Å². The van der Waals surface area contributed by atoms with Crippen molar-refractivity contribution in [2.75, 3.05) is 0 Å². The van der Waals surface area contributed by atoms with E-state index in [2.05, 4.69) is 30.7 Å². The van der Waals surface area contributed by atoms with Crippen molar-refractivity contribution in [3.05, 3.63) is 71.3 Å². The molecule has 174 valence electrons. The van der Waals surface area contributed by atoms with Gasteiger partial charge in [-0.15, -0.1) is 0 Å². The van der Waals surface area contributed by atoms with E-state index < -0.39 is 5.97 Å². The van der Waals surface area contributed by atoms with Gasteiger partial charge in [0.2, 0.25) is 0 Å². The number of hydrogen-bond donors (Lipinski definition) is 1. The highest BCUT2D eigenvalue weighted by Crippen LogP contribution is 2.28. The molecule has 1 saturated carbocycles. The molecule has 1 fully saturated rings. The zero-order chi connectivity index (χ0) is 23.2. The largest absolute Gasteiger partial charge is 0.478 e. The van der Waals surface area contributed by atoms with E-state index in [4.69, 9.17) is 10.1 Å². The Hall–Kier alpha value is -2.95. The number of carboxylic acids is 1. The van der Waals surface area contributed by atoms with Gasteiger partial charge in [-0.05, 0) is 41.0 Å². The molecular formula is C28H35N3O2. The Bertz CT molecular complexity index is 1060. The third-order valence-corrected chi connectivity index (χ3v) is 6.62. The zero-order valence-electron chi connectivity index (χ0n) is 19.8. The van der Waals surface area contributed by atoms with Gasteiger partial charge in [0.25, 0.3) is 0 Å². The first kappa shape index (κ1) is 23.2. The molecule has 0 unspecified atom stereocenters. The second kappa shape index (κ2) is 10.8. The minimum atomic E-state index is -0.905. The number of hydrogen-bond acceptors (Lipinski definition) is 3. The summed E-state index contributed by atoms with van der Waals surface area (Å²) < 4.78 is 2.09. The lowest BCUT2D eigenvalue weighted by molar-refractivity contribution is 0.0697. The van der Waals surface area contributed by atoms with Gasteiger partial charge < -0.3 is 5.11 Å². The number of aromatic nitrogens is 3. The predicted molar refractivity (Wildman–Crippen MR) is 131 cm³/mol. The molecule has 1 aromatic heterocycles. The quantitative estimate of drug-likeness (QED) is 0.414. The van der Waals surface area contributed by atoms with Crippen LogP contribution in [0.2, 0.25) is 0 Å². The van der Waals surface area contributed by atoms with Crippen LogP contribution in [0, 0.1) is 11.8 Å². The highest BCUT2D eigenvalue weighted by molar-refractivity contribution is 5.95. The number of nitrogens with zero attached hydrogens (tertiary/aromatic N) is 3. The lowest BCUT2D eigenvalue weighted by Gasteiger charge is -2.20. The monoisotopic (exact) mass is 445 g/mol. The van der Waals surface area contributed by atoms with Crippen LogP contribution in [-0.2, 0) is 19.4 Å². The second-order valence-corrected chi connectivity index (χ2v) is 9.79. The number of aryl methyl sites for hydroxylation is 1. The van der Waals surface area contributed by atoms with Crippen molar-refractivity contribution >= 4 is 5.97 Å². The topological polar surface area (TPSA) is 68.0 Å². The smallest absolute Gasteiger partial charge is 0.336 e. The fourth-order valence-electron chi connectivity index (χ4n) is 4.87. The molecule has 33 heavy (non-hydrogen) atoms. The van der Waals surface area contributed by atoms with Crippen LogP contribution in [0.5, 0.6) is 0 Å². The molecule has 4 rings (SSSR count). The van der Waals surface area contributed by atoms with E-state index in [1.807, 2.05) is 24.3 Å². The van der Waals surface area contributed by atoms with Crippen LogP contribution < -0.4 is 0 Å². The van der Waals surface area contributed by atoms with E-state index in [1.54, 1.807) is 12.1 Å². The van der Waals surface area contributed by atoms with Crippen molar-refractivity contribution in [3.8, 4) is 11.1 Å². The first-order chi connectivity index (χ1) is 16.0. The summed E-state index contributed by atoms with van der Waals surface area (Å²) in [6.45, 7) is 5.29. The Morgan fingerprint density at radius 3 is 2.48 bits per heavy atom. The van der Waals surface area contributed by atoms with E-state index in [0.29, 0.717) is 11.5 Å². The van der Waals surface area contributed by atoms with Crippen LogP contribution in [-0.4, -0.2) is 25.8 Å². The summed E-state index contributed by atoms with van der Waals surface area (Å²) in [5, 5.41) is 14.4. The van der Waals surface area contributed by atoms with Gasteiger partial charge in [0, 0.05) is 19.4 Å². The van der Waals surface area contributed by atoms with Crippen molar-refractivity contribution in [2.24, 2.45) is 11.8 Å². The molecule has 1 aliphatic rings. The van der Waals surface area contributed by atoms with Gasteiger partial charge in [0.15, 0.2) is 5.82 Å². The first-order valence-electron chi connectivity index (χ1n) is 12.3. The standard InChI is InChI=1S/C28H35N3O2/c1-20(2)19-31-27(29-26(30-31)17-14-21-8-4-3-5-9-21)18-22-12-15-23(16-13-22)24-10-6-7-11-25(24)28(32)33/h6-7,10-13,15-16,20-21H,3-5,8-9,14,17-19H2,1-2H3,(H,32,33). The van der Waals surface area contributed by atoms with Crippen molar-refractivity contribution < 1.29 is 9.90 Å². The SMILES string of the molecule is CC(C)Cn1nc(CCC2CCCCC2)nc1Cc1ccc(-c2ccccc2C(=O)O)cc1. The molecule has 0 spiro atoms. The first-order valence-corrected chi connectivity index (χ1v) is 12.3. The van der Waals surface area contributed by atoms with Gasteiger partial charge in [0.1, 0.15) is 5.82 Å². The Kier molecular flexibility index (Phi) is 7.58. The summed E-state index contributed by atoms with van der Waals surface area (Å²) in [5.41, 5.74) is 3.13. The van der Waals surface area contributed by atoms with E-state index >= 15 is 0 Å². The van der Waals surface area contributed by atoms with Crippen LogP contribution >= 0.6 is 0 Å². The fraction of sp³-hybridized carbons (Fsp3) is 0.464. The van der Waals surface area contributed by atoms with Crippen LogP contribution in [0.25, 0.3) is 11.1 Å². The van der Waals surface area contributed by atoms with Gasteiger partial charge in [-0.1, -0.05) is 88.4 Å². The summed E-state index contributed by atoms with van der Waals surface area (Å²) in [7, 11) is 0. The maximum absolute atomic E-state index is 11.6. The molecule has 5 heteroatoms. The summed E-state index contributed by atoms with van der Waals surface area (Å²) in [5.74, 6) is 2.42. The second-order valence-electron chi connectivity index (χ2n) is 9.79. The molecule has 0 radical (unpaired) electrons. The number of rotatable bonds is 9. The molecule has 0 atom stereocenters. The Morgan fingerprint density at radius 2 is 1.79 bits per heavy atom. The third kappa shape index (κ3) is 6.10. The minimum Gasteiger partial charge on any atom is -0.478 e. The average molecular weight is 446 g/mol. The fourth-order valence-corrected chi connectivity index (χ4v) is 4.87. The number of carboxylic acid groups (broad SMARTS) is 1. The van der Waals surface area contributed by atoms with Crippen LogP contribution in [0.4, 0.5) is 0 Å². The molecule has 3 aromatic rings. The van der Waals surface area contributed by atoms with Gasteiger partial charge in [-0.2, -0.15) is 5.10 Å². The van der Waals surface area contributed by atoms with Crippen LogP contribution in [0.1, 0.15) is 79.9 Å². The third-order valence-electron chi connectivity index (χ3n) is 6.62. The molecule has 1 N–H and O–H groups in total. The summed E-state index contributed by atoms with van der Waals surface area (Å²) in [4.78, 5) is 16.5. The van der Waals surface area contributed by atoms with Crippen molar-refractivity contribution in [3.63, 3.8) is 0 Å². The summed E-state index contributed by atoms with van der Waals surface area (Å²) in [6.07, 6.45) is 9.74. The maximum atomic E-state index is 11.6. The molecular weight excluding hydrogens is 410 g/mol. The lowest BCUT2D eigenvalue weighted by atomic mass is 9.86. The Morgan fingerprint density at radius 1 is 1.06 bits per heavy atom. The predicted octanol–water partition coefficient (Wildman–Crippen LogP) is 6.40. The van der Waals surface area contributed by atoms with E-state index in [1.165, 1.54) is 38.5 Å². The van der Waals surface area contributed by atoms with Crippen LogP contribution in [0.3, 0.4) is 0 Å². The van der Waals surface area contributed by atoms with Gasteiger partial charge in [-0.25, -0.2) is 14.5 Å². The van der Waals surface area contributed by atoms with E-state index in [-0.39, 0.29) is 0 Å². The van der Waals surface area contributed by atoms with Gasteiger partial charge in [0.05, 0.1) is 5.56 Å². The van der Waals surface area contributed by atoms with Crippen molar-refractivity contribution in [1.82, 2.24) is 14.8 Å². The molecule has 0 aliphatic heterocycles. The van der Waals surface area contributed by atoms with Crippen molar-refractivity contribution in [1.29, 1.82) is 0 Å². The minimum absolute atomic E-state index is 0.324. The highest BCUT2D eigenvalue weighted by atomic mass is 16.4. The Balaban J connectivity index is 1.49. The van der Waals surface area contributed by atoms with Gasteiger partial charge >= 0.3 is 5.97 Å². The Labute approximate surface area is 196 Å². The maximum Gasteiger partial charge on any atom is 0.336 e. The number of benzene rings is 2. The van der Waals surface area contributed by atoms with Gasteiger partial charge in [-0.3, -0.25) is 0 Å². The highest BCUT2D eigenvalue weighted by Gasteiger charge is 2.17. The molecule has 1 heterocycles. The molecule has 5 nitrogen and oxygen atoms in total. The van der Waals surface area contributed by atoms with Crippen LogP contribution in [0.15, 0.2) is 48.5 Å². The summed E-state index contributed by atoms with van der Waals surface area (Å²) >= 11 is 0. The molecule has 1 aliphatic carbocycles. The van der Waals surface area contributed by atoms with E-state index in [9.17, 15) is 9.90 Å². The molecule has 2 aromatic carbocycles. The lowest BCUT2D eigenvalue weighted by Crippen LogP contribution is -2.11. The normalized spacial score (nSPS) is 14.6. The number of carbonyl (C=O) groups is 1. The number of aromatic carboxylic acids is 1. The average Bonchev–Trinajstić information content (AvgIpc) is 3.19. The molecule has 0 saturated heterocycles.